The monoisotopic (exact) mass is 764 g/mol. The first-order chi connectivity index (χ1) is 25.7. The maximum Gasteiger partial charge on any atom is 0.267 e. The molecular formula is C45H81NO6S. The molecule has 0 aliphatic heterocycles. The lowest BCUT2D eigenvalue weighted by Crippen LogP contribution is -2.50. The molecule has 0 aromatic rings. The molecule has 4 N–H and O–H groups in total. The van der Waals surface area contributed by atoms with Crippen LogP contribution in [0.5, 0.6) is 0 Å². The van der Waals surface area contributed by atoms with E-state index in [2.05, 4.69) is 67.8 Å². The summed E-state index contributed by atoms with van der Waals surface area (Å²) in [4.78, 5) is 12.6. The summed E-state index contributed by atoms with van der Waals surface area (Å²) in [6.45, 7) is 4.49. The molecule has 0 aromatic heterocycles. The summed E-state index contributed by atoms with van der Waals surface area (Å²) in [5.41, 5.74) is 0. The Hall–Kier alpha value is -2.00. The first-order valence-corrected chi connectivity index (χ1v) is 23.2. The van der Waals surface area contributed by atoms with E-state index in [1.165, 1.54) is 96.0 Å². The SMILES string of the molecule is CCCCCC/C=C/CC/C=C/CC/C=C/C(O)C(CS(=O)(=O)O)NC(=O)C(O)CCCCCCCC/C=C\C/C=C\CCCCCCCCCCC. The number of hydrogen-bond acceptors (Lipinski definition) is 5. The van der Waals surface area contributed by atoms with Gasteiger partial charge in [-0.3, -0.25) is 9.35 Å². The van der Waals surface area contributed by atoms with Gasteiger partial charge in [-0.05, 0) is 77.0 Å². The Kier molecular flexibility index (Phi) is 36.8. The second-order valence-corrected chi connectivity index (χ2v) is 16.2. The van der Waals surface area contributed by atoms with Gasteiger partial charge in [0.2, 0.25) is 5.91 Å². The minimum Gasteiger partial charge on any atom is -0.387 e. The van der Waals surface area contributed by atoms with Crippen molar-refractivity contribution in [3.63, 3.8) is 0 Å². The summed E-state index contributed by atoms with van der Waals surface area (Å²) in [5, 5.41) is 23.4. The zero-order valence-electron chi connectivity index (χ0n) is 34.0. The van der Waals surface area contributed by atoms with Crippen LogP contribution in [0.2, 0.25) is 0 Å². The molecule has 0 fully saturated rings. The van der Waals surface area contributed by atoms with Crippen LogP contribution >= 0.6 is 0 Å². The lowest BCUT2D eigenvalue weighted by atomic mass is 10.0. The molecule has 0 saturated heterocycles. The average molecular weight is 764 g/mol. The van der Waals surface area contributed by atoms with Gasteiger partial charge >= 0.3 is 0 Å². The van der Waals surface area contributed by atoms with Crippen LogP contribution < -0.4 is 5.32 Å². The van der Waals surface area contributed by atoms with E-state index in [1.54, 1.807) is 6.08 Å². The van der Waals surface area contributed by atoms with Gasteiger partial charge in [-0.2, -0.15) is 8.42 Å². The van der Waals surface area contributed by atoms with Gasteiger partial charge in [-0.1, -0.05) is 177 Å². The lowest BCUT2D eigenvalue weighted by Gasteiger charge is -2.22. The van der Waals surface area contributed by atoms with Crippen molar-refractivity contribution in [1.82, 2.24) is 5.32 Å². The Morgan fingerprint density at radius 3 is 1.38 bits per heavy atom. The Morgan fingerprint density at radius 1 is 0.528 bits per heavy atom. The second-order valence-electron chi connectivity index (χ2n) is 14.7. The molecule has 0 bridgehead atoms. The highest BCUT2D eigenvalue weighted by molar-refractivity contribution is 7.85. The van der Waals surface area contributed by atoms with Crippen LogP contribution in [0.3, 0.4) is 0 Å². The van der Waals surface area contributed by atoms with Gasteiger partial charge in [0.25, 0.3) is 10.1 Å². The van der Waals surface area contributed by atoms with Crippen molar-refractivity contribution in [3.05, 3.63) is 60.8 Å². The highest BCUT2D eigenvalue weighted by Crippen LogP contribution is 2.13. The normalized spacial score (nSPS) is 14.4. The van der Waals surface area contributed by atoms with Crippen molar-refractivity contribution in [2.45, 2.75) is 212 Å². The standard InChI is InChI=1S/C45H81NO6S/c1-3-5-7-9-11-13-15-17-19-20-21-22-23-24-25-26-28-30-32-34-36-38-40-44(48)45(49)46-42(41-53(50,51)52)43(47)39-37-35-33-31-29-27-18-16-14-12-10-8-6-4-2/h14,16,21-22,24-25,29,31,37,39,42-44,47-48H,3-13,15,17-20,23,26-28,30,32-36,38,40-41H2,1-2H3,(H,46,49)(H,50,51,52)/b16-14+,22-21-,25-24-,31-29+,39-37+. The molecule has 3 unspecified atom stereocenters. The van der Waals surface area contributed by atoms with Crippen molar-refractivity contribution in [3.8, 4) is 0 Å². The molecule has 8 heteroatoms. The maximum atomic E-state index is 12.6. The summed E-state index contributed by atoms with van der Waals surface area (Å²) in [6, 6.07) is -1.26. The molecule has 0 saturated carbocycles. The summed E-state index contributed by atoms with van der Waals surface area (Å²) >= 11 is 0. The Balaban J connectivity index is 4.06. The molecule has 0 aliphatic rings. The molecular weight excluding hydrogens is 683 g/mol. The molecule has 7 nitrogen and oxygen atoms in total. The van der Waals surface area contributed by atoms with Crippen molar-refractivity contribution in [2.75, 3.05) is 5.75 Å². The number of hydrogen-bond donors (Lipinski definition) is 4. The van der Waals surface area contributed by atoms with E-state index in [1.807, 2.05) is 0 Å². The number of amides is 1. The highest BCUT2D eigenvalue weighted by Gasteiger charge is 2.27. The predicted molar refractivity (Wildman–Crippen MR) is 227 cm³/mol. The minimum atomic E-state index is -4.46. The molecule has 0 radical (unpaired) electrons. The van der Waals surface area contributed by atoms with E-state index in [0.717, 1.165) is 70.6 Å². The smallest absolute Gasteiger partial charge is 0.267 e. The van der Waals surface area contributed by atoms with Gasteiger partial charge in [-0.25, -0.2) is 0 Å². The third-order valence-electron chi connectivity index (χ3n) is 9.50. The number of aliphatic hydroxyl groups excluding tert-OH is 2. The van der Waals surface area contributed by atoms with Crippen LogP contribution in [0.1, 0.15) is 194 Å². The molecule has 308 valence electrons. The van der Waals surface area contributed by atoms with Gasteiger partial charge in [-0.15, -0.1) is 0 Å². The number of allylic oxidation sites excluding steroid dienone is 9. The Morgan fingerprint density at radius 2 is 0.906 bits per heavy atom. The third-order valence-corrected chi connectivity index (χ3v) is 10.3. The van der Waals surface area contributed by atoms with Gasteiger partial charge in [0.05, 0.1) is 17.9 Å². The predicted octanol–water partition coefficient (Wildman–Crippen LogP) is 11.8. The van der Waals surface area contributed by atoms with Gasteiger partial charge in [0, 0.05) is 0 Å². The fraction of sp³-hybridized carbons (Fsp3) is 0.756. The molecule has 0 heterocycles. The quantitative estimate of drug-likeness (QED) is 0.0282. The van der Waals surface area contributed by atoms with E-state index < -0.39 is 40.0 Å². The molecule has 53 heavy (non-hydrogen) atoms. The van der Waals surface area contributed by atoms with E-state index in [4.69, 9.17) is 0 Å². The van der Waals surface area contributed by atoms with Gasteiger partial charge in [0.1, 0.15) is 6.10 Å². The topological polar surface area (TPSA) is 124 Å². The fourth-order valence-corrected chi connectivity index (χ4v) is 6.90. The van der Waals surface area contributed by atoms with Crippen LogP contribution in [0.4, 0.5) is 0 Å². The summed E-state index contributed by atoms with van der Waals surface area (Å²) in [7, 11) is -4.46. The molecule has 0 aliphatic carbocycles. The number of carbonyl (C=O) groups is 1. The van der Waals surface area contributed by atoms with E-state index in [-0.39, 0.29) is 6.42 Å². The third kappa shape index (κ3) is 38.1. The first kappa shape index (κ1) is 51.0. The van der Waals surface area contributed by atoms with E-state index in [0.29, 0.717) is 12.8 Å². The van der Waals surface area contributed by atoms with E-state index in [9.17, 15) is 28.0 Å². The summed E-state index contributed by atoms with van der Waals surface area (Å²) in [5.74, 6) is -1.58. The van der Waals surface area contributed by atoms with Crippen molar-refractivity contribution >= 4 is 16.0 Å². The highest BCUT2D eigenvalue weighted by atomic mass is 32.2. The van der Waals surface area contributed by atoms with Gasteiger partial charge in [0.15, 0.2) is 0 Å². The minimum absolute atomic E-state index is 0.257. The summed E-state index contributed by atoms with van der Waals surface area (Å²) in [6.07, 6.45) is 49.9. The number of aliphatic hydroxyl groups is 2. The molecule has 0 aromatic carbocycles. The molecule has 3 atom stereocenters. The lowest BCUT2D eigenvalue weighted by molar-refractivity contribution is -0.130. The number of rotatable bonds is 38. The Labute approximate surface area is 326 Å². The van der Waals surface area contributed by atoms with Crippen LogP contribution in [-0.4, -0.2) is 53.1 Å². The largest absolute Gasteiger partial charge is 0.387 e. The van der Waals surface area contributed by atoms with Crippen molar-refractivity contribution < 1.29 is 28.0 Å². The summed E-state index contributed by atoms with van der Waals surface area (Å²) < 4.78 is 32.5. The Bertz CT molecular complexity index is 1080. The van der Waals surface area contributed by atoms with Crippen LogP contribution in [0, 0.1) is 0 Å². The molecule has 1 amide bonds. The number of unbranched alkanes of at least 4 members (excludes halogenated alkanes) is 21. The molecule has 0 rings (SSSR count). The van der Waals surface area contributed by atoms with Crippen LogP contribution in [0.25, 0.3) is 0 Å². The molecule has 0 spiro atoms. The first-order valence-electron chi connectivity index (χ1n) is 21.6. The van der Waals surface area contributed by atoms with Crippen LogP contribution in [-0.2, 0) is 14.9 Å². The zero-order valence-corrected chi connectivity index (χ0v) is 34.8. The van der Waals surface area contributed by atoms with Gasteiger partial charge < -0.3 is 15.5 Å². The zero-order chi connectivity index (χ0) is 39.1. The average Bonchev–Trinajstić information content (AvgIpc) is 3.12. The van der Waals surface area contributed by atoms with Crippen molar-refractivity contribution in [1.29, 1.82) is 0 Å². The van der Waals surface area contributed by atoms with E-state index >= 15 is 0 Å². The number of carbonyl (C=O) groups excluding carboxylic acids is 1. The maximum absolute atomic E-state index is 12.6. The van der Waals surface area contributed by atoms with Crippen molar-refractivity contribution in [2.24, 2.45) is 0 Å². The fourth-order valence-electron chi connectivity index (χ4n) is 6.16. The number of nitrogens with one attached hydrogen (secondary N) is 1. The van der Waals surface area contributed by atoms with Crippen LogP contribution in [0.15, 0.2) is 60.8 Å². The second kappa shape index (κ2) is 38.3.